The summed E-state index contributed by atoms with van der Waals surface area (Å²) in [7, 11) is 0. The van der Waals surface area contributed by atoms with E-state index in [0.29, 0.717) is 12.2 Å². The van der Waals surface area contributed by atoms with E-state index in [4.69, 9.17) is 5.11 Å². The number of carbonyl (C=O) groups is 3. The van der Waals surface area contributed by atoms with Crippen LogP contribution in [-0.2, 0) is 16.1 Å². The molecule has 8 heteroatoms. The maximum absolute atomic E-state index is 12.7. The summed E-state index contributed by atoms with van der Waals surface area (Å²) in [4.78, 5) is 37.9. The molecular formula is C24H24N4O4. The van der Waals surface area contributed by atoms with Gasteiger partial charge in [-0.15, -0.1) is 0 Å². The van der Waals surface area contributed by atoms with Gasteiger partial charge < -0.3 is 10.4 Å². The van der Waals surface area contributed by atoms with Gasteiger partial charge in [0.15, 0.2) is 0 Å². The predicted octanol–water partition coefficient (Wildman–Crippen LogP) is 3.71. The van der Waals surface area contributed by atoms with Gasteiger partial charge in [0.2, 0.25) is 11.8 Å². The second-order valence-corrected chi connectivity index (χ2v) is 7.78. The van der Waals surface area contributed by atoms with Crippen LogP contribution in [-0.4, -0.2) is 39.2 Å². The molecule has 0 spiro atoms. The summed E-state index contributed by atoms with van der Waals surface area (Å²) in [6.07, 6.45) is 1.05. The van der Waals surface area contributed by atoms with Gasteiger partial charge in [-0.05, 0) is 48.7 Å². The van der Waals surface area contributed by atoms with Crippen LogP contribution >= 0.6 is 0 Å². The van der Waals surface area contributed by atoms with Crippen LogP contribution in [0.1, 0.15) is 35.3 Å². The minimum Gasteiger partial charge on any atom is -0.478 e. The number of aromatic nitrogens is 2. The molecule has 0 fully saturated rings. The first-order valence-electron chi connectivity index (χ1n) is 10.5. The van der Waals surface area contributed by atoms with E-state index in [1.54, 1.807) is 35.2 Å². The van der Waals surface area contributed by atoms with Crippen LogP contribution in [0.2, 0.25) is 0 Å². The van der Waals surface area contributed by atoms with Crippen LogP contribution in [0.15, 0.2) is 54.6 Å². The number of aryl methyl sites for hydroxylation is 2. The fourth-order valence-electron chi connectivity index (χ4n) is 3.82. The van der Waals surface area contributed by atoms with Gasteiger partial charge in [-0.25, -0.2) is 9.48 Å². The largest absolute Gasteiger partial charge is 0.478 e. The second kappa shape index (κ2) is 9.05. The third-order valence-electron chi connectivity index (χ3n) is 5.39. The lowest BCUT2D eigenvalue weighted by Crippen LogP contribution is -2.37. The molecule has 0 unspecified atom stereocenters. The molecule has 164 valence electrons. The molecule has 0 atom stereocenters. The topological polar surface area (TPSA) is 105 Å². The molecule has 1 aromatic heterocycles. The molecule has 0 radical (unpaired) electrons. The Labute approximate surface area is 185 Å². The molecule has 2 amide bonds. The normalized spacial score (nSPS) is 12.8. The molecule has 0 bridgehead atoms. The average Bonchev–Trinajstić information content (AvgIpc) is 3.18. The number of fused-ring (bicyclic) bond motifs is 1. The van der Waals surface area contributed by atoms with Gasteiger partial charge in [0, 0.05) is 37.7 Å². The number of carboxylic acid groups (broad SMARTS) is 1. The number of hydrogen-bond acceptors (Lipinski definition) is 4. The zero-order chi connectivity index (χ0) is 22.7. The molecule has 8 nitrogen and oxygen atoms in total. The quantitative estimate of drug-likeness (QED) is 0.618. The first kappa shape index (κ1) is 21.3. The van der Waals surface area contributed by atoms with Crippen molar-refractivity contribution in [3.8, 4) is 11.1 Å². The number of hydrogen-bond donors (Lipinski definition) is 2. The molecule has 32 heavy (non-hydrogen) atoms. The van der Waals surface area contributed by atoms with Crippen LogP contribution < -0.4 is 10.2 Å². The Hall–Kier alpha value is -3.94. The van der Waals surface area contributed by atoms with E-state index in [9.17, 15) is 14.4 Å². The molecule has 1 aliphatic heterocycles. The van der Waals surface area contributed by atoms with Crippen molar-refractivity contribution >= 4 is 29.3 Å². The van der Waals surface area contributed by atoms with E-state index < -0.39 is 5.97 Å². The number of anilines is 2. The van der Waals surface area contributed by atoms with Gasteiger partial charge in [-0.2, -0.15) is 5.10 Å². The number of benzene rings is 2. The number of carboxylic acids is 1. The third kappa shape index (κ3) is 4.69. The Balaban J connectivity index is 1.33. The summed E-state index contributed by atoms with van der Waals surface area (Å²) in [5.74, 6) is -0.508. The molecular weight excluding hydrogens is 408 g/mol. The molecule has 3 aromatic rings. The van der Waals surface area contributed by atoms with Crippen molar-refractivity contribution in [2.75, 3.05) is 16.8 Å². The van der Waals surface area contributed by atoms with Crippen molar-refractivity contribution in [3.05, 3.63) is 65.9 Å². The molecule has 4 rings (SSSR count). The lowest BCUT2D eigenvalue weighted by Gasteiger charge is -2.27. The Bertz CT molecular complexity index is 1170. The Kier molecular flexibility index (Phi) is 6.02. The number of amides is 2. The number of nitrogens with zero attached hydrogens (tertiary/aromatic N) is 3. The lowest BCUT2D eigenvalue weighted by atomic mass is 10.0. The van der Waals surface area contributed by atoms with Gasteiger partial charge >= 0.3 is 5.97 Å². The van der Waals surface area contributed by atoms with Crippen molar-refractivity contribution in [1.29, 1.82) is 0 Å². The van der Waals surface area contributed by atoms with Crippen molar-refractivity contribution in [3.63, 3.8) is 0 Å². The van der Waals surface area contributed by atoms with E-state index in [1.165, 1.54) is 0 Å². The van der Waals surface area contributed by atoms with Gasteiger partial charge in [0.25, 0.3) is 0 Å². The smallest absolute Gasteiger partial charge is 0.335 e. The minimum absolute atomic E-state index is 0.0882. The van der Waals surface area contributed by atoms with Gasteiger partial charge in [0.05, 0.1) is 11.3 Å². The Morgan fingerprint density at radius 3 is 2.53 bits per heavy atom. The molecule has 1 aliphatic rings. The van der Waals surface area contributed by atoms with Crippen LogP contribution in [0.4, 0.5) is 11.5 Å². The Morgan fingerprint density at radius 2 is 1.78 bits per heavy atom. The second-order valence-electron chi connectivity index (χ2n) is 7.78. The van der Waals surface area contributed by atoms with Crippen LogP contribution in [0.3, 0.4) is 0 Å². The number of rotatable bonds is 6. The maximum Gasteiger partial charge on any atom is 0.335 e. The minimum atomic E-state index is -0.977. The highest BCUT2D eigenvalue weighted by Crippen LogP contribution is 2.24. The van der Waals surface area contributed by atoms with Crippen molar-refractivity contribution < 1.29 is 19.5 Å². The molecule has 0 saturated carbocycles. The van der Waals surface area contributed by atoms with E-state index in [0.717, 1.165) is 35.6 Å². The standard InChI is InChI=1S/C24H24N4O4/c1-16-14-22-27(12-3-13-28(22)26-16)23(30)11-10-21(29)25-20-8-6-17(7-9-20)18-4-2-5-19(15-18)24(31)32/h2,4-9,14-15H,3,10-13H2,1H3,(H,25,29)(H,31,32). The van der Waals surface area contributed by atoms with E-state index in [-0.39, 0.29) is 30.2 Å². The summed E-state index contributed by atoms with van der Waals surface area (Å²) in [5.41, 5.74) is 3.34. The molecule has 0 saturated heterocycles. The average molecular weight is 432 g/mol. The highest BCUT2D eigenvalue weighted by Gasteiger charge is 2.24. The fraction of sp³-hybridized carbons (Fsp3) is 0.250. The van der Waals surface area contributed by atoms with Crippen LogP contribution in [0.25, 0.3) is 11.1 Å². The molecule has 2 N–H and O–H groups in total. The van der Waals surface area contributed by atoms with Gasteiger partial charge in [-0.3, -0.25) is 14.5 Å². The molecule has 2 heterocycles. The first-order chi connectivity index (χ1) is 15.4. The van der Waals surface area contributed by atoms with Crippen LogP contribution in [0, 0.1) is 6.92 Å². The SMILES string of the molecule is Cc1cc2n(n1)CCCN2C(=O)CCC(=O)Nc1ccc(-c2cccc(C(=O)O)c2)cc1. The molecule has 0 aliphatic carbocycles. The number of aromatic carboxylic acids is 1. The van der Waals surface area contributed by atoms with Gasteiger partial charge in [-0.1, -0.05) is 24.3 Å². The predicted molar refractivity (Wildman–Crippen MR) is 121 cm³/mol. The van der Waals surface area contributed by atoms with E-state index in [2.05, 4.69) is 10.4 Å². The summed E-state index contributed by atoms with van der Waals surface area (Å²) in [5, 5.41) is 16.3. The van der Waals surface area contributed by atoms with E-state index in [1.807, 2.05) is 35.9 Å². The molecule has 2 aromatic carbocycles. The number of carbonyl (C=O) groups excluding carboxylic acids is 2. The van der Waals surface area contributed by atoms with Crippen LogP contribution in [0.5, 0.6) is 0 Å². The van der Waals surface area contributed by atoms with Crippen molar-refractivity contribution in [2.24, 2.45) is 0 Å². The zero-order valence-corrected chi connectivity index (χ0v) is 17.7. The zero-order valence-electron chi connectivity index (χ0n) is 17.7. The van der Waals surface area contributed by atoms with Crippen molar-refractivity contribution in [2.45, 2.75) is 32.7 Å². The van der Waals surface area contributed by atoms with Gasteiger partial charge in [0.1, 0.15) is 5.82 Å². The lowest BCUT2D eigenvalue weighted by molar-refractivity contribution is -0.122. The third-order valence-corrected chi connectivity index (χ3v) is 5.39. The summed E-state index contributed by atoms with van der Waals surface area (Å²) in [6.45, 7) is 3.33. The fourth-order valence-corrected chi connectivity index (χ4v) is 3.82. The monoisotopic (exact) mass is 432 g/mol. The summed E-state index contributed by atoms with van der Waals surface area (Å²) < 4.78 is 1.84. The highest BCUT2D eigenvalue weighted by molar-refractivity contribution is 5.98. The summed E-state index contributed by atoms with van der Waals surface area (Å²) >= 11 is 0. The van der Waals surface area contributed by atoms with Crippen molar-refractivity contribution in [1.82, 2.24) is 9.78 Å². The number of nitrogens with one attached hydrogen (secondary N) is 1. The Morgan fingerprint density at radius 1 is 1.00 bits per heavy atom. The van der Waals surface area contributed by atoms with E-state index >= 15 is 0 Å². The summed E-state index contributed by atoms with van der Waals surface area (Å²) in [6, 6.07) is 15.7. The first-order valence-corrected chi connectivity index (χ1v) is 10.5. The highest BCUT2D eigenvalue weighted by atomic mass is 16.4. The maximum atomic E-state index is 12.7.